The summed E-state index contributed by atoms with van der Waals surface area (Å²) < 4.78 is 5.28. The van der Waals surface area contributed by atoms with E-state index in [1.54, 1.807) is 18.5 Å². The SMILES string of the molecule is C=CCOCC1=NCc2nccnc2N1. The van der Waals surface area contributed by atoms with Gasteiger partial charge in [-0.25, -0.2) is 4.98 Å². The summed E-state index contributed by atoms with van der Waals surface area (Å²) in [6, 6.07) is 0. The maximum atomic E-state index is 5.28. The van der Waals surface area contributed by atoms with E-state index >= 15 is 0 Å². The molecule has 0 radical (unpaired) electrons. The van der Waals surface area contributed by atoms with Gasteiger partial charge in [0.15, 0.2) is 5.82 Å². The van der Waals surface area contributed by atoms with E-state index in [1.807, 2.05) is 0 Å². The van der Waals surface area contributed by atoms with Crippen molar-refractivity contribution in [1.82, 2.24) is 9.97 Å². The standard InChI is InChI=1S/C10H12N4O/c1-2-5-15-7-9-13-6-8-10(14-9)12-4-3-11-8/h2-4H,1,5-7H2,(H,12,13,14). The minimum absolute atomic E-state index is 0.446. The van der Waals surface area contributed by atoms with Gasteiger partial charge < -0.3 is 10.1 Å². The number of aliphatic imine (C=N–C) groups is 1. The molecule has 1 aliphatic rings. The van der Waals surface area contributed by atoms with Crippen molar-refractivity contribution >= 4 is 11.7 Å². The Morgan fingerprint density at radius 1 is 1.47 bits per heavy atom. The molecule has 0 aliphatic carbocycles. The van der Waals surface area contributed by atoms with E-state index in [0.717, 1.165) is 17.3 Å². The van der Waals surface area contributed by atoms with Crippen LogP contribution in [0.2, 0.25) is 0 Å². The summed E-state index contributed by atoms with van der Waals surface area (Å²) in [4.78, 5) is 12.6. The molecule has 1 N–H and O–H groups in total. The number of rotatable bonds is 4. The number of fused-ring (bicyclic) bond motifs is 1. The Morgan fingerprint density at radius 2 is 2.33 bits per heavy atom. The Hall–Kier alpha value is -1.75. The maximum Gasteiger partial charge on any atom is 0.155 e. The molecule has 0 fully saturated rings. The molecule has 0 aromatic carbocycles. The molecular formula is C10H12N4O. The van der Waals surface area contributed by atoms with E-state index < -0.39 is 0 Å². The topological polar surface area (TPSA) is 59.4 Å². The highest BCUT2D eigenvalue weighted by molar-refractivity contribution is 5.97. The van der Waals surface area contributed by atoms with Gasteiger partial charge in [-0.15, -0.1) is 6.58 Å². The Bertz CT molecular complexity index is 389. The number of anilines is 1. The first-order valence-corrected chi connectivity index (χ1v) is 4.69. The quantitative estimate of drug-likeness (QED) is 0.587. The fraction of sp³-hybridized carbons (Fsp3) is 0.300. The monoisotopic (exact) mass is 204 g/mol. The lowest BCUT2D eigenvalue weighted by molar-refractivity contribution is 0.204. The van der Waals surface area contributed by atoms with Crippen LogP contribution in [0.15, 0.2) is 30.0 Å². The molecule has 1 aromatic heterocycles. The zero-order valence-corrected chi connectivity index (χ0v) is 8.31. The predicted octanol–water partition coefficient (Wildman–Crippen LogP) is 1.00. The van der Waals surface area contributed by atoms with E-state index in [1.165, 1.54) is 0 Å². The first-order valence-electron chi connectivity index (χ1n) is 4.69. The molecule has 78 valence electrons. The smallest absolute Gasteiger partial charge is 0.155 e. The summed E-state index contributed by atoms with van der Waals surface area (Å²) in [6.07, 6.45) is 5.02. The molecule has 0 amide bonds. The van der Waals surface area contributed by atoms with Crippen LogP contribution in [0.3, 0.4) is 0 Å². The molecular weight excluding hydrogens is 192 g/mol. The van der Waals surface area contributed by atoms with Crippen LogP contribution >= 0.6 is 0 Å². The molecule has 5 nitrogen and oxygen atoms in total. The Balaban J connectivity index is 1.97. The second kappa shape index (κ2) is 4.65. The zero-order chi connectivity index (χ0) is 10.5. The summed E-state index contributed by atoms with van der Waals surface area (Å²) >= 11 is 0. The minimum Gasteiger partial charge on any atom is -0.370 e. The number of hydrogen-bond acceptors (Lipinski definition) is 5. The zero-order valence-electron chi connectivity index (χ0n) is 8.31. The van der Waals surface area contributed by atoms with Crippen LogP contribution in [0, 0.1) is 0 Å². The van der Waals surface area contributed by atoms with Crippen LogP contribution < -0.4 is 5.32 Å². The predicted molar refractivity (Wildman–Crippen MR) is 57.8 cm³/mol. The average molecular weight is 204 g/mol. The molecule has 0 atom stereocenters. The fourth-order valence-corrected chi connectivity index (χ4v) is 1.25. The summed E-state index contributed by atoms with van der Waals surface area (Å²) in [5.74, 6) is 1.55. The van der Waals surface area contributed by atoms with E-state index in [4.69, 9.17) is 4.74 Å². The number of nitrogens with one attached hydrogen (secondary N) is 1. The average Bonchev–Trinajstić information content (AvgIpc) is 2.29. The highest BCUT2D eigenvalue weighted by Crippen LogP contribution is 2.13. The molecule has 1 aromatic rings. The number of hydrogen-bond donors (Lipinski definition) is 1. The van der Waals surface area contributed by atoms with Gasteiger partial charge in [0.1, 0.15) is 18.1 Å². The number of nitrogens with zero attached hydrogens (tertiary/aromatic N) is 3. The van der Waals surface area contributed by atoms with Crippen molar-refractivity contribution in [1.29, 1.82) is 0 Å². The lowest BCUT2D eigenvalue weighted by Gasteiger charge is -2.15. The van der Waals surface area contributed by atoms with Crippen LogP contribution in [0.1, 0.15) is 5.69 Å². The van der Waals surface area contributed by atoms with Crippen LogP contribution in [0.4, 0.5) is 5.82 Å². The largest absolute Gasteiger partial charge is 0.370 e. The van der Waals surface area contributed by atoms with E-state index in [0.29, 0.717) is 19.8 Å². The lowest BCUT2D eigenvalue weighted by atomic mass is 10.3. The highest BCUT2D eigenvalue weighted by atomic mass is 16.5. The van der Waals surface area contributed by atoms with E-state index in [-0.39, 0.29) is 0 Å². The van der Waals surface area contributed by atoms with Gasteiger partial charge in [0.05, 0.1) is 13.2 Å². The molecule has 5 heteroatoms. The van der Waals surface area contributed by atoms with E-state index in [9.17, 15) is 0 Å². The van der Waals surface area contributed by atoms with Gasteiger partial charge in [-0.05, 0) is 0 Å². The van der Waals surface area contributed by atoms with Crippen molar-refractivity contribution < 1.29 is 4.74 Å². The maximum absolute atomic E-state index is 5.28. The Kier molecular flexibility index (Phi) is 3.04. The van der Waals surface area contributed by atoms with Crippen molar-refractivity contribution in [2.24, 2.45) is 4.99 Å². The molecule has 0 unspecified atom stereocenters. The third-order valence-corrected chi connectivity index (χ3v) is 1.93. The molecule has 2 heterocycles. The number of aromatic nitrogens is 2. The highest BCUT2D eigenvalue weighted by Gasteiger charge is 2.12. The first-order chi connectivity index (χ1) is 7.40. The molecule has 0 bridgehead atoms. The molecule has 0 spiro atoms. The summed E-state index contributed by atoms with van der Waals surface area (Å²) in [5, 5.41) is 3.07. The van der Waals surface area contributed by atoms with Gasteiger partial charge in [-0.2, -0.15) is 0 Å². The van der Waals surface area contributed by atoms with Gasteiger partial charge in [-0.3, -0.25) is 9.98 Å². The molecule has 15 heavy (non-hydrogen) atoms. The van der Waals surface area contributed by atoms with Gasteiger partial charge in [0.25, 0.3) is 0 Å². The normalized spacial score (nSPS) is 13.7. The second-order valence-electron chi connectivity index (χ2n) is 3.04. The van der Waals surface area contributed by atoms with Gasteiger partial charge >= 0.3 is 0 Å². The van der Waals surface area contributed by atoms with Crippen LogP contribution in [-0.4, -0.2) is 29.0 Å². The van der Waals surface area contributed by atoms with Crippen LogP contribution in [0.5, 0.6) is 0 Å². The summed E-state index contributed by atoms with van der Waals surface area (Å²) in [6.45, 7) is 5.10. The third kappa shape index (κ3) is 2.38. The van der Waals surface area contributed by atoms with Crippen LogP contribution in [0.25, 0.3) is 0 Å². The van der Waals surface area contributed by atoms with Crippen molar-refractivity contribution in [3.8, 4) is 0 Å². The number of amidine groups is 1. The first kappa shape index (κ1) is 9.79. The van der Waals surface area contributed by atoms with Crippen molar-refractivity contribution in [3.63, 3.8) is 0 Å². The Labute approximate surface area is 87.9 Å². The molecule has 0 saturated carbocycles. The van der Waals surface area contributed by atoms with Crippen molar-refractivity contribution in [3.05, 3.63) is 30.7 Å². The van der Waals surface area contributed by atoms with Crippen molar-refractivity contribution in [2.45, 2.75) is 6.54 Å². The fourth-order valence-electron chi connectivity index (χ4n) is 1.25. The lowest BCUT2D eigenvalue weighted by Crippen LogP contribution is -2.24. The number of ether oxygens (including phenoxy) is 1. The summed E-state index contributed by atoms with van der Waals surface area (Å²) in [7, 11) is 0. The van der Waals surface area contributed by atoms with Gasteiger partial charge in [0.2, 0.25) is 0 Å². The minimum atomic E-state index is 0.446. The van der Waals surface area contributed by atoms with Gasteiger partial charge in [0, 0.05) is 12.4 Å². The van der Waals surface area contributed by atoms with E-state index in [2.05, 4.69) is 26.9 Å². The molecule has 0 saturated heterocycles. The molecule has 2 rings (SSSR count). The third-order valence-electron chi connectivity index (χ3n) is 1.93. The van der Waals surface area contributed by atoms with Crippen molar-refractivity contribution in [2.75, 3.05) is 18.5 Å². The Morgan fingerprint density at radius 3 is 3.20 bits per heavy atom. The summed E-state index contributed by atoms with van der Waals surface area (Å²) in [5.41, 5.74) is 0.866. The second-order valence-corrected chi connectivity index (χ2v) is 3.04. The molecule has 1 aliphatic heterocycles. The van der Waals surface area contributed by atoms with Gasteiger partial charge in [-0.1, -0.05) is 6.08 Å². The van der Waals surface area contributed by atoms with Crippen LogP contribution in [-0.2, 0) is 11.3 Å².